The largest absolute Gasteiger partial charge is 0.480 e. The van der Waals surface area contributed by atoms with Gasteiger partial charge in [-0.2, -0.15) is 0 Å². The molecule has 0 bridgehead atoms. The van der Waals surface area contributed by atoms with Crippen LogP contribution in [0.3, 0.4) is 0 Å². The molecule has 0 spiro atoms. The number of amides is 2. The lowest BCUT2D eigenvalue weighted by molar-refractivity contribution is -0.153. The molecule has 0 unspecified atom stereocenters. The maximum absolute atomic E-state index is 11.8. The van der Waals surface area contributed by atoms with E-state index >= 15 is 0 Å². The lowest BCUT2D eigenvalue weighted by Gasteiger charge is -2.21. The Morgan fingerprint density at radius 3 is 2.07 bits per heavy atom. The lowest BCUT2D eigenvalue weighted by Crippen LogP contribution is -2.43. The molecule has 10 nitrogen and oxygen atoms in total. The van der Waals surface area contributed by atoms with Crippen molar-refractivity contribution in [2.45, 2.75) is 59.1 Å². The Morgan fingerprint density at radius 2 is 1.63 bits per heavy atom. The summed E-state index contributed by atoms with van der Waals surface area (Å²) in [6.07, 6.45) is -1.55. The van der Waals surface area contributed by atoms with Crippen LogP contribution in [0.25, 0.3) is 0 Å². The highest BCUT2D eigenvalue weighted by atomic mass is 16.6. The van der Waals surface area contributed by atoms with Crippen LogP contribution < -0.4 is 5.32 Å². The minimum absolute atomic E-state index is 0.258. The number of Topliss-reactive ketones (excluding diaryl/α,β-unsaturated/α-hetero) is 1. The molecule has 2 amide bonds. The molecular formula is C17H28N2O8. The number of aliphatic carboxylic acids is 1. The molecule has 2 N–H and O–H groups in total. The smallest absolute Gasteiger partial charge is 0.408 e. The van der Waals surface area contributed by atoms with Gasteiger partial charge in [0.05, 0.1) is 0 Å². The molecule has 0 aliphatic heterocycles. The van der Waals surface area contributed by atoms with Crippen molar-refractivity contribution in [1.29, 1.82) is 0 Å². The number of ketones is 1. The summed E-state index contributed by atoms with van der Waals surface area (Å²) in [6.45, 7) is 8.28. The van der Waals surface area contributed by atoms with Crippen molar-refractivity contribution >= 4 is 29.7 Å². The number of carboxylic acid groups (broad SMARTS) is 1. The normalized spacial score (nSPS) is 11.9. The molecule has 0 rings (SSSR count). The number of nitrogens with zero attached hydrogens (tertiary/aromatic N) is 1. The van der Waals surface area contributed by atoms with Crippen molar-refractivity contribution in [2.24, 2.45) is 0 Å². The molecule has 0 radical (unpaired) electrons. The van der Waals surface area contributed by atoms with E-state index in [1.807, 2.05) is 0 Å². The molecule has 1 atom stereocenters. The Morgan fingerprint density at radius 1 is 1.07 bits per heavy atom. The van der Waals surface area contributed by atoms with Gasteiger partial charge in [0, 0.05) is 19.5 Å². The highest BCUT2D eigenvalue weighted by Crippen LogP contribution is 2.08. The number of ether oxygens (including phenoxy) is 2. The van der Waals surface area contributed by atoms with Gasteiger partial charge in [-0.15, -0.1) is 0 Å². The van der Waals surface area contributed by atoms with Crippen LogP contribution in [-0.4, -0.2) is 71.1 Å². The third kappa shape index (κ3) is 10.2. The molecular weight excluding hydrogens is 360 g/mol. The van der Waals surface area contributed by atoms with Gasteiger partial charge < -0.3 is 24.8 Å². The molecule has 0 aliphatic rings. The van der Waals surface area contributed by atoms with E-state index in [-0.39, 0.29) is 12.8 Å². The van der Waals surface area contributed by atoms with Crippen molar-refractivity contribution in [3.8, 4) is 0 Å². The Kier molecular flexibility index (Phi) is 10.1. The van der Waals surface area contributed by atoms with Crippen LogP contribution >= 0.6 is 0 Å². The fourth-order valence-corrected chi connectivity index (χ4v) is 1.94. The van der Waals surface area contributed by atoms with E-state index in [2.05, 4.69) is 5.32 Å². The average Bonchev–Trinajstić information content (AvgIpc) is 2.55. The molecule has 0 aromatic rings. The third-order valence-electron chi connectivity index (χ3n) is 3.28. The van der Waals surface area contributed by atoms with E-state index in [0.717, 1.165) is 0 Å². The van der Waals surface area contributed by atoms with Gasteiger partial charge in [0.15, 0.2) is 6.61 Å². The zero-order valence-electron chi connectivity index (χ0n) is 16.4. The van der Waals surface area contributed by atoms with Gasteiger partial charge in [-0.1, -0.05) is 0 Å². The second kappa shape index (κ2) is 11.1. The van der Waals surface area contributed by atoms with Crippen LogP contribution in [0.4, 0.5) is 4.79 Å². The first kappa shape index (κ1) is 24.4. The summed E-state index contributed by atoms with van der Waals surface area (Å²) < 4.78 is 9.66. The molecule has 0 aromatic heterocycles. The van der Waals surface area contributed by atoms with Gasteiger partial charge in [0.1, 0.15) is 11.6 Å². The number of carboxylic acids is 1. The highest BCUT2D eigenvalue weighted by molar-refractivity contribution is 6.36. The summed E-state index contributed by atoms with van der Waals surface area (Å²) in [5.41, 5.74) is -0.802. The third-order valence-corrected chi connectivity index (χ3v) is 3.28. The number of hydrogen-bond donors (Lipinski definition) is 2. The Bertz CT molecular complexity index is 564. The number of alkyl carbamates (subject to hydrolysis) is 1. The van der Waals surface area contributed by atoms with Crippen LogP contribution in [-0.2, 0) is 28.7 Å². The Labute approximate surface area is 158 Å². The van der Waals surface area contributed by atoms with Crippen molar-refractivity contribution in [2.75, 3.05) is 19.7 Å². The summed E-state index contributed by atoms with van der Waals surface area (Å²) in [6, 6.07) is -1.36. The van der Waals surface area contributed by atoms with Crippen LogP contribution in [0.1, 0.15) is 47.5 Å². The number of hydrogen-bond acceptors (Lipinski definition) is 7. The summed E-state index contributed by atoms with van der Waals surface area (Å²) in [7, 11) is 0. The first-order valence-corrected chi connectivity index (χ1v) is 8.61. The monoisotopic (exact) mass is 388 g/mol. The molecule has 0 saturated carbocycles. The highest BCUT2D eigenvalue weighted by Gasteiger charge is 2.25. The summed E-state index contributed by atoms with van der Waals surface area (Å²) in [5.74, 6) is -3.81. The molecule has 10 heteroatoms. The fraction of sp³-hybridized carbons (Fsp3) is 0.706. The maximum atomic E-state index is 11.8. The number of rotatable bonds is 10. The quantitative estimate of drug-likeness (QED) is 0.412. The van der Waals surface area contributed by atoms with Crippen molar-refractivity contribution in [3.05, 3.63) is 0 Å². The zero-order chi connectivity index (χ0) is 21.2. The molecule has 0 fully saturated rings. The minimum Gasteiger partial charge on any atom is -0.480 e. The second-order valence-electron chi connectivity index (χ2n) is 6.64. The van der Waals surface area contributed by atoms with Crippen molar-refractivity contribution in [1.82, 2.24) is 10.2 Å². The Hall–Kier alpha value is -2.65. The SMILES string of the molecule is CCN(CC)C(=O)C(=O)COC(=O)CC[C@H](NC(=O)OC(C)(C)C)C(=O)O. The zero-order valence-corrected chi connectivity index (χ0v) is 16.4. The predicted molar refractivity (Wildman–Crippen MR) is 93.9 cm³/mol. The summed E-state index contributed by atoms with van der Waals surface area (Å²) in [4.78, 5) is 59.2. The van der Waals surface area contributed by atoms with Gasteiger partial charge in [-0.25, -0.2) is 9.59 Å². The number of nitrogens with one attached hydrogen (secondary N) is 1. The predicted octanol–water partition coefficient (Wildman–Crippen LogP) is 0.725. The van der Waals surface area contributed by atoms with Crippen LogP contribution in [0.2, 0.25) is 0 Å². The summed E-state index contributed by atoms with van der Waals surface area (Å²) in [5, 5.41) is 11.3. The number of carbonyl (C=O) groups excluding carboxylic acids is 4. The van der Waals surface area contributed by atoms with E-state index in [1.165, 1.54) is 4.90 Å². The lowest BCUT2D eigenvalue weighted by atomic mass is 10.1. The maximum Gasteiger partial charge on any atom is 0.408 e. The van der Waals surface area contributed by atoms with Crippen LogP contribution in [0.15, 0.2) is 0 Å². The first-order valence-electron chi connectivity index (χ1n) is 8.61. The van der Waals surface area contributed by atoms with E-state index in [1.54, 1.807) is 34.6 Å². The van der Waals surface area contributed by atoms with Crippen LogP contribution in [0.5, 0.6) is 0 Å². The number of esters is 1. The van der Waals surface area contributed by atoms with E-state index < -0.39 is 48.0 Å². The van der Waals surface area contributed by atoms with Crippen molar-refractivity contribution < 1.29 is 38.6 Å². The summed E-state index contributed by atoms with van der Waals surface area (Å²) >= 11 is 0. The molecule has 27 heavy (non-hydrogen) atoms. The molecule has 0 aliphatic carbocycles. The topological polar surface area (TPSA) is 139 Å². The minimum atomic E-state index is -1.36. The van der Waals surface area contributed by atoms with E-state index in [4.69, 9.17) is 14.6 Å². The van der Waals surface area contributed by atoms with Gasteiger partial charge >= 0.3 is 18.0 Å². The molecule has 0 saturated heterocycles. The Balaban J connectivity index is 4.47. The van der Waals surface area contributed by atoms with Gasteiger partial charge in [-0.05, 0) is 41.0 Å². The van der Waals surface area contributed by atoms with Gasteiger partial charge in [0.2, 0.25) is 0 Å². The van der Waals surface area contributed by atoms with Crippen molar-refractivity contribution in [3.63, 3.8) is 0 Å². The van der Waals surface area contributed by atoms with E-state index in [0.29, 0.717) is 13.1 Å². The number of likely N-dealkylation sites (N-methyl/N-ethyl adjacent to an activating group) is 1. The standard InChI is InChI=1S/C17H28N2O8/c1-6-19(7-2)14(22)12(20)10-26-13(21)9-8-11(15(23)24)18-16(25)27-17(3,4)5/h11H,6-10H2,1-5H3,(H,18,25)(H,23,24)/t11-/m0/s1. The van der Waals surface area contributed by atoms with Crippen LogP contribution in [0, 0.1) is 0 Å². The molecule has 0 heterocycles. The second-order valence-corrected chi connectivity index (χ2v) is 6.64. The van der Waals surface area contributed by atoms with Gasteiger partial charge in [0.25, 0.3) is 11.7 Å². The average molecular weight is 388 g/mol. The fourth-order valence-electron chi connectivity index (χ4n) is 1.94. The molecule has 154 valence electrons. The first-order chi connectivity index (χ1) is 12.4. The van der Waals surface area contributed by atoms with E-state index in [9.17, 15) is 24.0 Å². The van der Waals surface area contributed by atoms with Gasteiger partial charge in [-0.3, -0.25) is 14.4 Å². The number of carbonyl (C=O) groups is 5. The molecule has 0 aromatic carbocycles.